The molecule has 3 heterocycles. The van der Waals surface area contributed by atoms with Gasteiger partial charge in [-0.05, 0) is 19.4 Å². The summed E-state index contributed by atoms with van der Waals surface area (Å²) in [6.07, 6.45) is 1.22. The minimum atomic E-state index is -0.676. The topological polar surface area (TPSA) is 71.1 Å². The number of rotatable bonds is 2. The van der Waals surface area contributed by atoms with Gasteiger partial charge in [0.15, 0.2) is 0 Å². The van der Waals surface area contributed by atoms with Crippen LogP contribution >= 0.6 is 0 Å². The molecule has 1 aromatic carbocycles. The van der Waals surface area contributed by atoms with Crippen molar-refractivity contribution < 1.29 is 28.5 Å². The van der Waals surface area contributed by atoms with E-state index in [0.29, 0.717) is 30.6 Å². The molecule has 6 nitrogen and oxygen atoms in total. The van der Waals surface area contributed by atoms with Crippen molar-refractivity contribution in [2.45, 2.75) is 51.4 Å². The summed E-state index contributed by atoms with van der Waals surface area (Å²) in [5.41, 5.74) is 2.40. The molecule has 2 unspecified atom stereocenters. The third-order valence-corrected chi connectivity index (χ3v) is 5.13. The van der Waals surface area contributed by atoms with E-state index in [-0.39, 0.29) is 24.6 Å². The quantitative estimate of drug-likeness (QED) is 0.778. The van der Waals surface area contributed by atoms with E-state index in [2.05, 4.69) is 0 Å². The van der Waals surface area contributed by atoms with Crippen LogP contribution in [0, 0.1) is 6.92 Å². The Morgan fingerprint density at radius 2 is 2.04 bits per heavy atom. The molecule has 23 heavy (non-hydrogen) atoms. The van der Waals surface area contributed by atoms with Gasteiger partial charge >= 0.3 is 11.9 Å². The fraction of sp³-hybridized carbons (Fsp3) is 0.529. The van der Waals surface area contributed by atoms with Gasteiger partial charge in [-0.3, -0.25) is 4.79 Å². The van der Waals surface area contributed by atoms with Crippen molar-refractivity contribution in [3.63, 3.8) is 0 Å². The molecule has 3 aliphatic heterocycles. The first kappa shape index (κ1) is 14.4. The molecule has 0 bridgehead atoms. The van der Waals surface area contributed by atoms with E-state index in [4.69, 9.17) is 18.9 Å². The lowest BCUT2D eigenvalue weighted by Gasteiger charge is -2.28. The minimum Gasteiger partial charge on any atom is -0.496 e. The van der Waals surface area contributed by atoms with Gasteiger partial charge in [0, 0.05) is 30.4 Å². The average molecular weight is 318 g/mol. The fourth-order valence-electron chi connectivity index (χ4n) is 3.79. The molecule has 0 amide bonds. The second-order valence-corrected chi connectivity index (χ2v) is 6.49. The van der Waals surface area contributed by atoms with Crippen LogP contribution in [-0.2, 0) is 27.3 Å². The Morgan fingerprint density at radius 1 is 1.26 bits per heavy atom. The summed E-state index contributed by atoms with van der Waals surface area (Å²) in [6, 6.07) is 0. The Kier molecular flexibility index (Phi) is 2.89. The summed E-state index contributed by atoms with van der Waals surface area (Å²) in [5, 5.41) is 0. The maximum atomic E-state index is 12.1. The molecule has 0 radical (unpaired) electrons. The van der Waals surface area contributed by atoms with Crippen LogP contribution in [0.15, 0.2) is 0 Å². The zero-order valence-electron chi connectivity index (χ0n) is 13.4. The molecule has 1 aromatic rings. The van der Waals surface area contributed by atoms with E-state index in [1.54, 1.807) is 7.11 Å². The van der Waals surface area contributed by atoms with Gasteiger partial charge in [-0.15, -0.1) is 0 Å². The summed E-state index contributed by atoms with van der Waals surface area (Å²) in [7, 11) is 1.61. The SMILES string of the molecule is COc1c(C)c2c(c3c1CC(C1(C)CCC(=O)O1)O3)C(=O)OC2. The van der Waals surface area contributed by atoms with Gasteiger partial charge in [0.05, 0.1) is 7.11 Å². The molecule has 0 spiro atoms. The molecular weight excluding hydrogens is 300 g/mol. The molecule has 6 heteroatoms. The third-order valence-electron chi connectivity index (χ3n) is 5.13. The first-order valence-electron chi connectivity index (χ1n) is 7.72. The molecule has 0 aliphatic carbocycles. The summed E-state index contributed by atoms with van der Waals surface area (Å²) in [4.78, 5) is 23.6. The monoisotopic (exact) mass is 318 g/mol. The van der Waals surface area contributed by atoms with Gasteiger partial charge in [-0.1, -0.05) is 0 Å². The predicted octanol–water partition coefficient (Wildman–Crippen LogP) is 2.07. The highest BCUT2D eigenvalue weighted by molar-refractivity contribution is 5.98. The standard InChI is InChI=1S/C17H18O6/c1-8-10-7-21-16(19)13(10)15-9(14(8)20-3)6-11(22-15)17(2)5-4-12(18)23-17/h11H,4-7H2,1-3H3. The maximum Gasteiger partial charge on any atom is 0.342 e. The fourth-order valence-corrected chi connectivity index (χ4v) is 3.79. The number of ether oxygens (including phenoxy) is 4. The molecule has 0 saturated carbocycles. The Hall–Kier alpha value is -2.24. The van der Waals surface area contributed by atoms with Crippen LogP contribution in [0.2, 0.25) is 0 Å². The molecular formula is C17H18O6. The van der Waals surface area contributed by atoms with E-state index >= 15 is 0 Å². The van der Waals surface area contributed by atoms with Crippen molar-refractivity contribution in [2.24, 2.45) is 0 Å². The number of esters is 2. The van der Waals surface area contributed by atoms with E-state index in [0.717, 1.165) is 22.4 Å². The highest BCUT2D eigenvalue weighted by atomic mass is 16.6. The van der Waals surface area contributed by atoms with E-state index in [1.807, 2.05) is 13.8 Å². The van der Waals surface area contributed by atoms with Crippen LogP contribution in [0.4, 0.5) is 0 Å². The van der Waals surface area contributed by atoms with Crippen molar-refractivity contribution in [3.8, 4) is 11.5 Å². The lowest BCUT2D eigenvalue weighted by Crippen LogP contribution is -2.42. The van der Waals surface area contributed by atoms with Crippen LogP contribution in [0.5, 0.6) is 11.5 Å². The largest absolute Gasteiger partial charge is 0.496 e. The minimum absolute atomic E-state index is 0.208. The highest BCUT2D eigenvalue weighted by Gasteiger charge is 2.49. The number of fused-ring (bicyclic) bond motifs is 3. The molecule has 1 saturated heterocycles. The number of hydrogen-bond donors (Lipinski definition) is 0. The van der Waals surface area contributed by atoms with Crippen molar-refractivity contribution in [2.75, 3.05) is 7.11 Å². The summed E-state index contributed by atoms with van der Waals surface area (Å²) in [6.45, 7) is 4.04. The maximum absolute atomic E-state index is 12.1. The van der Waals surface area contributed by atoms with Gasteiger partial charge in [0.2, 0.25) is 0 Å². The average Bonchev–Trinajstić information content (AvgIpc) is 3.18. The van der Waals surface area contributed by atoms with Gasteiger partial charge in [0.1, 0.15) is 35.4 Å². The van der Waals surface area contributed by atoms with Gasteiger partial charge in [-0.2, -0.15) is 0 Å². The zero-order chi connectivity index (χ0) is 16.4. The van der Waals surface area contributed by atoms with E-state index in [9.17, 15) is 9.59 Å². The summed E-state index contributed by atoms with van der Waals surface area (Å²) >= 11 is 0. The number of carbonyl (C=O) groups is 2. The Bertz CT molecular complexity index is 737. The smallest absolute Gasteiger partial charge is 0.342 e. The first-order chi connectivity index (χ1) is 10.9. The molecule has 2 atom stereocenters. The lowest BCUT2D eigenvalue weighted by atomic mass is 9.90. The van der Waals surface area contributed by atoms with Crippen LogP contribution in [0.25, 0.3) is 0 Å². The number of methoxy groups -OCH3 is 1. The first-order valence-corrected chi connectivity index (χ1v) is 7.72. The molecule has 122 valence electrons. The number of cyclic esters (lactones) is 2. The van der Waals surface area contributed by atoms with Gasteiger partial charge < -0.3 is 18.9 Å². The Morgan fingerprint density at radius 3 is 2.70 bits per heavy atom. The normalized spacial score (nSPS) is 28.0. The molecule has 1 fully saturated rings. The highest BCUT2D eigenvalue weighted by Crippen LogP contribution is 2.49. The number of hydrogen-bond acceptors (Lipinski definition) is 6. The van der Waals surface area contributed by atoms with Crippen LogP contribution in [-0.4, -0.2) is 30.8 Å². The molecule has 0 N–H and O–H groups in total. The summed E-state index contributed by atoms with van der Waals surface area (Å²) < 4.78 is 22.3. The van der Waals surface area contributed by atoms with Crippen LogP contribution in [0.1, 0.15) is 46.8 Å². The van der Waals surface area contributed by atoms with E-state index in [1.165, 1.54) is 0 Å². The van der Waals surface area contributed by atoms with Gasteiger partial charge in [0.25, 0.3) is 0 Å². The summed E-state index contributed by atoms with van der Waals surface area (Å²) in [5.74, 6) is 0.683. The second kappa shape index (κ2) is 4.63. The Balaban J connectivity index is 1.81. The molecule has 0 aromatic heterocycles. The van der Waals surface area contributed by atoms with Gasteiger partial charge in [-0.25, -0.2) is 4.79 Å². The molecule has 4 rings (SSSR count). The van der Waals surface area contributed by atoms with Crippen LogP contribution < -0.4 is 9.47 Å². The lowest BCUT2D eigenvalue weighted by molar-refractivity contribution is -0.153. The van der Waals surface area contributed by atoms with Crippen molar-refractivity contribution in [1.29, 1.82) is 0 Å². The number of carbonyl (C=O) groups excluding carboxylic acids is 2. The second-order valence-electron chi connectivity index (χ2n) is 6.49. The molecule has 3 aliphatic rings. The zero-order valence-corrected chi connectivity index (χ0v) is 13.4. The predicted molar refractivity (Wildman–Crippen MR) is 78.7 cm³/mol. The van der Waals surface area contributed by atoms with Crippen molar-refractivity contribution in [1.82, 2.24) is 0 Å². The third kappa shape index (κ3) is 1.87. The van der Waals surface area contributed by atoms with Crippen LogP contribution in [0.3, 0.4) is 0 Å². The van der Waals surface area contributed by atoms with Crippen molar-refractivity contribution in [3.05, 3.63) is 22.3 Å². The Labute approximate surface area is 133 Å². The van der Waals surface area contributed by atoms with Crippen molar-refractivity contribution >= 4 is 11.9 Å². The number of benzene rings is 1. The van der Waals surface area contributed by atoms with E-state index < -0.39 is 5.60 Å².